The third-order valence-electron chi connectivity index (χ3n) is 4.15. The second kappa shape index (κ2) is 6.19. The van der Waals surface area contributed by atoms with E-state index in [4.69, 9.17) is 16.6 Å². The Labute approximate surface area is 150 Å². The number of benzene rings is 3. The van der Waals surface area contributed by atoms with Crippen molar-refractivity contribution >= 4 is 22.5 Å². The second-order valence-electron chi connectivity index (χ2n) is 5.91. The lowest BCUT2D eigenvalue weighted by atomic mass is 10.1. The summed E-state index contributed by atoms with van der Waals surface area (Å²) in [5.41, 5.74) is 3.08. The first-order chi connectivity index (χ1) is 12.1. The summed E-state index contributed by atoms with van der Waals surface area (Å²) in [7, 11) is 0. The Kier molecular flexibility index (Phi) is 3.86. The van der Waals surface area contributed by atoms with E-state index in [1.165, 1.54) is 0 Å². The zero-order valence-corrected chi connectivity index (χ0v) is 14.4. The summed E-state index contributed by atoms with van der Waals surface area (Å²) in [4.78, 5) is 18.0. The van der Waals surface area contributed by atoms with Crippen LogP contribution < -0.4 is 5.56 Å². The van der Waals surface area contributed by atoms with Gasteiger partial charge in [0.25, 0.3) is 5.56 Å². The zero-order valence-electron chi connectivity index (χ0n) is 13.6. The predicted molar refractivity (Wildman–Crippen MR) is 103 cm³/mol. The molecule has 0 radical (unpaired) electrons. The molecule has 1 aromatic heterocycles. The van der Waals surface area contributed by atoms with Crippen LogP contribution in [0, 0.1) is 6.92 Å². The molecule has 25 heavy (non-hydrogen) atoms. The van der Waals surface area contributed by atoms with Gasteiger partial charge in [0.15, 0.2) is 0 Å². The van der Waals surface area contributed by atoms with Crippen LogP contribution in [-0.2, 0) is 0 Å². The van der Waals surface area contributed by atoms with Crippen molar-refractivity contribution in [2.24, 2.45) is 0 Å². The van der Waals surface area contributed by atoms with Gasteiger partial charge in [0.05, 0.1) is 21.6 Å². The van der Waals surface area contributed by atoms with Gasteiger partial charge in [-0.05, 0) is 43.3 Å². The number of aromatic nitrogens is 2. The van der Waals surface area contributed by atoms with Crippen molar-refractivity contribution < 1.29 is 0 Å². The average molecular weight is 347 g/mol. The van der Waals surface area contributed by atoms with E-state index in [-0.39, 0.29) is 5.56 Å². The van der Waals surface area contributed by atoms with E-state index in [2.05, 4.69) is 0 Å². The Morgan fingerprint density at radius 2 is 1.64 bits per heavy atom. The molecule has 0 fully saturated rings. The maximum Gasteiger partial charge on any atom is 0.266 e. The van der Waals surface area contributed by atoms with Crippen molar-refractivity contribution in [3.05, 3.63) is 93.7 Å². The summed E-state index contributed by atoms with van der Waals surface area (Å²) in [5.74, 6) is 0.540. The molecule has 0 aliphatic carbocycles. The van der Waals surface area contributed by atoms with E-state index in [1.807, 2.05) is 73.7 Å². The number of hydrogen-bond acceptors (Lipinski definition) is 2. The number of fused-ring (bicyclic) bond motifs is 1. The zero-order chi connectivity index (χ0) is 17.4. The summed E-state index contributed by atoms with van der Waals surface area (Å²) in [6.45, 7) is 1.97. The molecule has 4 heteroatoms. The topological polar surface area (TPSA) is 34.9 Å². The molecule has 0 unspecified atom stereocenters. The van der Waals surface area contributed by atoms with Gasteiger partial charge >= 0.3 is 0 Å². The first kappa shape index (κ1) is 15.6. The van der Waals surface area contributed by atoms with Gasteiger partial charge in [-0.3, -0.25) is 9.36 Å². The second-order valence-corrected chi connectivity index (χ2v) is 6.32. The molecule has 3 nitrogen and oxygen atoms in total. The Morgan fingerprint density at radius 1 is 0.920 bits per heavy atom. The maximum atomic E-state index is 13.3. The number of rotatable bonds is 2. The quantitative estimate of drug-likeness (QED) is 0.511. The third-order valence-corrected chi connectivity index (χ3v) is 4.48. The normalized spacial score (nSPS) is 11.0. The van der Waals surface area contributed by atoms with Crippen LogP contribution in [0.15, 0.2) is 77.6 Å². The van der Waals surface area contributed by atoms with Gasteiger partial charge in [-0.2, -0.15) is 0 Å². The van der Waals surface area contributed by atoms with Crippen molar-refractivity contribution in [3.8, 4) is 17.1 Å². The van der Waals surface area contributed by atoms with Crippen LogP contribution in [0.1, 0.15) is 5.56 Å². The molecule has 0 atom stereocenters. The number of nitrogens with zero attached hydrogens (tertiary/aromatic N) is 2. The summed E-state index contributed by atoms with van der Waals surface area (Å²) in [6.07, 6.45) is 0. The molecule has 0 bridgehead atoms. The fourth-order valence-electron chi connectivity index (χ4n) is 2.94. The van der Waals surface area contributed by atoms with E-state index in [0.717, 1.165) is 16.8 Å². The fourth-order valence-corrected chi connectivity index (χ4v) is 3.16. The number of aryl methyl sites for hydroxylation is 1. The van der Waals surface area contributed by atoms with E-state index >= 15 is 0 Å². The van der Waals surface area contributed by atoms with Crippen LogP contribution in [-0.4, -0.2) is 9.55 Å². The van der Waals surface area contributed by atoms with E-state index in [1.54, 1.807) is 10.6 Å². The lowest BCUT2D eigenvalue weighted by molar-refractivity contribution is 0.975. The highest BCUT2D eigenvalue weighted by atomic mass is 35.5. The molecule has 1 heterocycles. The van der Waals surface area contributed by atoms with Crippen LogP contribution in [0.2, 0.25) is 5.02 Å². The SMILES string of the molecule is Cc1ccc2nc(-c3ccccc3Cl)n(-c3ccccc3)c(=O)c2c1. The molecule has 0 N–H and O–H groups in total. The largest absolute Gasteiger partial charge is 0.268 e. The number of hydrogen-bond donors (Lipinski definition) is 0. The lowest BCUT2D eigenvalue weighted by Gasteiger charge is -2.15. The van der Waals surface area contributed by atoms with Crippen molar-refractivity contribution in [2.45, 2.75) is 6.92 Å². The maximum absolute atomic E-state index is 13.3. The third kappa shape index (κ3) is 2.73. The van der Waals surface area contributed by atoms with Crippen molar-refractivity contribution in [2.75, 3.05) is 0 Å². The molecular formula is C21H15ClN2O. The lowest BCUT2D eigenvalue weighted by Crippen LogP contribution is -2.22. The van der Waals surface area contributed by atoms with Gasteiger partial charge in [-0.25, -0.2) is 4.98 Å². The van der Waals surface area contributed by atoms with Crippen LogP contribution in [0.3, 0.4) is 0 Å². The molecule has 0 saturated carbocycles. The summed E-state index contributed by atoms with van der Waals surface area (Å²) >= 11 is 6.39. The monoisotopic (exact) mass is 346 g/mol. The minimum absolute atomic E-state index is 0.102. The fraction of sp³-hybridized carbons (Fsp3) is 0.0476. The Morgan fingerprint density at radius 3 is 2.40 bits per heavy atom. The Balaban J connectivity index is 2.16. The van der Waals surface area contributed by atoms with Crippen LogP contribution in [0.4, 0.5) is 0 Å². The van der Waals surface area contributed by atoms with Crippen LogP contribution >= 0.6 is 11.6 Å². The van der Waals surface area contributed by atoms with Gasteiger partial charge < -0.3 is 0 Å². The summed E-state index contributed by atoms with van der Waals surface area (Å²) in [6, 6.07) is 22.7. The molecule has 122 valence electrons. The van der Waals surface area contributed by atoms with Crippen LogP contribution in [0.5, 0.6) is 0 Å². The first-order valence-electron chi connectivity index (χ1n) is 7.99. The first-order valence-corrected chi connectivity index (χ1v) is 8.37. The molecule has 0 aliphatic rings. The molecule has 0 amide bonds. The minimum Gasteiger partial charge on any atom is -0.268 e. The van der Waals surface area contributed by atoms with Crippen LogP contribution in [0.25, 0.3) is 28.0 Å². The van der Waals surface area contributed by atoms with Gasteiger partial charge in [0, 0.05) is 5.56 Å². The molecular weight excluding hydrogens is 332 g/mol. The predicted octanol–water partition coefficient (Wildman–Crippen LogP) is 5.01. The molecule has 0 spiro atoms. The minimum atomic E-state index is -0.102. The van der Waals surface area contributed by atoms with Crippen molar-refractivity contribution in [3.63, 3.8) is 0 Å². The molecule has 4 rings (SSSR count). The molecule has 0 saturated heterocycles. The molecule has 3 aromatic carbocycles. The van der Waals surface area contributed by atoms with Crippen molar-refractivity contribution in [1.82, 2.24) is 9.55 Å². The molecule has 0 aliphatic heterocycles. The van der Waals surface area contributed by atoms with Gasteiger partial charge in [-0.15, -0.1) is 0 Å². The average Bonchev–Trinajstić information content (AvgIpc) is 2.63. The van der Waals surface area contributed by atoms with Gasteiger partial charge in [0.2, 0.25) is 0 Å². The number of para-hydroxylation sites is 1. The molecule has 4 aromatic rings. The standard InChI is InChI=1S/C21H15ClN2O/c1-14-11-12-19-17(13-14)21(25)24(15-7-3-2-4-8-15)20(23-19)16-9-5-6-10-18(16)22/h2-13H,1H3. The van der Waals surface area contributed by atoms with Gasteiger partial charge in [-0.1, -0.05) is 53.6 Å². The van der Waals surface area contributed by atoms with Crippen molar-refractivity contribution in [1.29, 1.82) is 0 Å². The highest BCUT2D eigenvalue weighted by Crippen LogP contribution is 2.28. The summed E-state index contributed by atoms with van der Waals surface area (Å²) in [5, 5.41) is 1.16. The Bertz CT molecular complexity index is 1130. The number of halogens is 1. The van der Waals surface area contributed by atoms with E-state index in [0.29, 0.717) is 21.7 Å². The highest BCUT2D eigenvalue weighted by Gasteiger charge is 2.16. The van der Waals surface area contributed by atoms with E-state index in [9.17, 15) is 4.79 Å². The Hall–Kier alpha value is -2.91. The summed E-state index contributed by atoms with van der Waals surface area (Å²) < 4.78 is 1.63. The van der Waals surface area contributed by atoms with Gasteiger partial charge in [0.1, 0.15) is 5.82 Å². The smallest absolute Gasteiger partial charge is 0.266 e. The highest BCUT2D eigenvalue weighted by molar-refractivity contribution is 6.33. The van der Waals surface area contributed by atoms with E-state index < -0.39 is 0 Å².